The normalized spacial score (nSPS) is 17.8. The van der Waals surface area contributed by atoms with E-state index in [2.05, 4.69) is 11.9 Å². The van der Waals surface area contributed by atoms with Crippen molar-refractivity contribution in [3.8, 4) is 0 Å². The topological polar surface area (TPSA) is 25.4 Å². The molecule has 0 saturated carbocycles. The molecule has 1 aromatic heterocycles. The van der Waals surface area contributed by atoms with Gasteiger partial charge in [-0.05, 0) is 38.1 Å². The van der Waals surface area contributed by atoms with Crippen LogP contribution in [-0.2, 0) is 4.74 Å². The summed E-state index contributed by atoms with van der Waals surface area (Å²) in [5.74, 6) is -0.236. The van der Waals surface area contributed by atoms with Gasteiger partial charge in [0, 0.05) is 18.7 Å². The smallest absolute Gasteiger partial charge is 0.137 e. The molecular formula is C20H21FN2OS. The lowest BCUT2D eigenvalue weighted by molar-refractivity contribution is -0.0246. The van der Waals surface area contributed by atoms with Crippen molar-refractivity contribution in [2.24, 2.45) is 0 Å². The fraction of sp³-hybridized carbons (Fsp3) is 0.350. The third kappa shape index (κ3) is 3.59. The van der Waals surface area contributed by atoms with Gasteiger partial charge in [-0.2, -0.15) is 0 Å². The number of aromatic nitrogens is 1. The van der Waals surface area contributed by atoms with E-state index in [0.29, 0.717) is 5.56 Å². The van der Waals surface area contributed by atoms with Crippen molar-refractivity contribution in [3.63, 3.8) is 0 Å². The molecule has 1 fully saturated rings. The number of para-hydroxylation sites is 1. The molecule has 25 heavy (non-hydrogen) atoms. The van der Waals surface area contributed by atoms with Gasteiger partial charge in [0.15, 0.2) is 0 Å². The Kier molecular flexibility index (Phi) is 4.79. The van der Waals surface area contributed by atoms with E-state index >= 15 is 0 Å². The maximum atomic E-state index is 14.5. The predicted octanol–water partition coefficient (Wildman–Crippen LogP) is 4.64. The first-order chi connectivity index (χ1) is 12.2. The number of likely N-dealkylation sites (tertiary alicyclic amines) is 1. The van der Waals surface area contributed by atoms with E-state index in [1.807, 2.05) is 30.3 Å². The zero-order valence-corrected chi connectivity index (χ0v) is 15.0. The van der Waals surface area contributed by atoms with Gasteiger partial charge in [-0.1, -0.05) is 30.3 Å². The van der Waals surface area contributed by atoms with Crippen molar-refractivity contribution in [2.45, 2.75) is 25.0 Å². The largest absolute Gasteiger partial charge is 0.363 e. The van der Waals surface area contributed by atoms with Gasteiger partial charge in [0.05, 0.1) is 16.3 Å². The van der Waals surface area contributed by atoms with Crippen LogP contribution in [-0.4, -0.2) is 36.1 Å². The zero-order chi connectivity index (χ0) is 17.2. The van der Waals surface area contributed by atoms with Crippen LogP contribution in [0.25, 0.3) is 10.2 Å². The number of benzene rings is 2. The minimum atomic E-state index is -0.452. The lowest BCUT2D eigenvalue weighted by atomic mass is 10.1. The van der Waals surface area contributed by atoms with Crippen molar-refractivity contribution in [2.75, 3.05) is 20.1 Å². The number of thiazole rings is 1. The second-order valence-electron chi connectivity index (χ2n) is 6.56. The molecule has 130 valence electrons. The van der Waals surface area contributed by atoms with Crippen LogP contribution in [0.5, 0.6) is 0 Å². The molecule has 0 bridgehead atoms. The average Bonchev–Trinajstić information content (AvgIpc) is 3.06. The Labute approximate surface area is 151 Å². The quantitative estimate of drug-likeness (QED) is 0.681. The first-order valence-corrected chi connectivity index (χ1v) is 9.46. The van der Waals surface area contributed by atoms with Crippen molar-refractivity contribution < 1.29 is 9.13 Å². The first-order valence-electron chi connectivity index (χ1n) is 8.64. The highest BCUT2D eigenvalue weighted by Gasteiger charge is 2.27. The van der Waals surface area contributed by atoms with Crippen molar-refractivity contribution in [1.29, 1.82) is 0 Å². The van der Waals surface area contributed by atoms with Crippen LogP contribution in [0.2, 0.25) is 0 Å². The van der Waals surface area contributed by atoms with E-state index in [9.17, 15) is 4.39 Å². The van der Waals surface area contributed by atoms with Gasteiger partial charge in [-0.3, -0.25) is 0 Å². The fourth-order valence-corrected chi connectivity index (χ4v) is 4.29. The molecule has 3 nitrogen and oxygen atoms in total. The van der Waals surface area contributed by atoms with Crippen LogP contribution in [0.3, 0.4) is 0 Å². The molecule has 0 aliphatic carbocycles. The summed E-state index contributed by atoms with van der Waals surface area (Å²) in [4.78, 5) is 7.03. The van der Waals surface area contributed by atoms with Gasteiger partial charge in [0.25, 0.3) is 0 Å². The molecule has 0 spiro atoms. The molecule has 1 saturated heterocycles. The summed E-state index contributed by atoms with van der Waals surface area (Å²) in [6, 6.07) is 14.9. The van der Waals surface area contributed by atoms with Crippen molar-refractivity contribution >= 4 is 21.6 Å². The number of nitrogens with zero attached hydrogens (tertiary/aromatic N) is 2. The average molecular weight is 356 g/mol. The summed E-state index contributed by atoms with van der Waals surface area (Å²) in [5, 5.41) is 0.824. The van der Waals surface area contributed by atoms with Crippen molar-refractivity contribution in [3.05, 3.63) is 64.9 Å². The third-order valence-corrected chi connectivity index (χ3v) is 5.80. The SMILES string of the molecule is CN1CCC(OC(c2nc3ccccc3s2)c2ccccc2F)CC1. The molecular weight excluding hydrogens is 335 g/mol. The maximum Gasteiger partial charge on any atom is 0.137 e. The summed E-state index contributed by atoms with van der Waals surface area (Å²) >= 11 is 1.58. The summed E-state index contributed by atoms with van der Waals surface area (Å²) in [6.45, 7) is 2.02. The van der Waals surface area contributed by atoms with Gasteiger partial charge in [0.2, 0.25) is 0 Å². The Morgan fingerprint density at radius 1 is 1.12 bits per heavy atom. The van der Waals surface area contributed by atoms with Gasteiger partial charge >= 0.3 is 0 Å². The van der Waals surface area contributed by atoms with Crippen molar-refractivity contribution in [1.82, 2.24) is 9.88 Å². The second-order valence-corrected chi connectivity index (χ2v) is 7.62. The number of ether oxygens (including phenoxy) is 1. The van der Waals surface area contributed by atoms with Gasteiger partial charge in [0.1, 0.15) is 16.9 Å². The highest BCUT2D eigenvalue weighted by atomic mass is 32.1. The number of piperidine rings is 1. The van der Waals surface area contributed by atoms with E-state index in [0.717, 1.165) is 41.2 Å². The van der Waals surface area contributed by atoms with E-state index in [-0.39, 0.29) is 11.9 Å². The van der Waals surface area contributed by atoms with E-state index in [1.165, 1.54) is 6.07 Å². The third-order valence-electron chi connectivity index (χ3n) is 4.72. The molecule has 1 aliphatic heterocycles. The molecule has 0 amide bonds. The number of hydrogen-bond donors (Lipinski definition) is 0. The molecule has 5 heteroatoms. The molecule has 2 aromatic carbocycles. The van der Waals surface area contributed by atoms with Crippen LogP contribution >= 0.6 is 11.3 Å². The molecule has 4 rings (SSSR count). The predicted molar refractivity (Wildman–Crippen MR) is 99.5 cm³/mol. The minimum Gasteiger partial charge on any atom is -0.363 e. The molecule has 1 unspecified atom stereocenters. The van der Waals surface area contributed by atoms with Crippen LogP contribution in [0.1, 0.15) is 29.5 Å². The van der Waals surface area contributed by atoms with Crippen LogP contribution in [0.15, 0.2) is 48.5 Å². The summed E-state index contributed by atoms with van der Waals surface area (Å²) < 4.78 is 22.0. The van der Waals surface area contributed by atoms with Crippen LogP contribution in [0, 0.1) is 5.82 Å². The molecule has 3 aromatic rings. The minimum absolute atomic E-state index is 0.132. The highest BCUT2D eigenvalue weighted by molar-refractivity contribution is 7.18. The zero-order valence-electron chi connectivity index (χ0n) is 14.2. The van der Waals surface area contributed by atoms with Gasteiger partial charge < -0.3 is 9.64 Å². The Morgan fingerprint density at radius 2 is 1.84 bits per heavy atom. The lowest BCUT2D eigenvalue weighted by Gasteiger charge is -2.31. The highest BCUT2D eigenvalue weighted by Crippen LogP contribution is 2.35. The first kappa shape index (κ1) is 16.6. The van der Waals surface area contributed by atoms with Gasteiger partial charge in [-0.25, -0.2) is 9.37 Å². The summed E-state index contributed by atoms with van der Waals surface area (Å²) in [7, 11) is 2.12. The van der Waals surface area contributed by atoms with Crippen LogP contribution < -0.4 is 0 Å². The van der Waals surface area contributed by atoms with E-state index in [4.69, 9.17) is 9.72 Å². The Balaban J connectivity index is 1.69. The fourth-order valence-electron chi connectivity index (χ4n) is 3.27. The number of rotatable bonds is 4. The second kappa shape index (κ2) is 7.20. The van der Waals surface area contributed by atoms with E-state index < -0.39 is 6.10 Å². The molecule has 2 heterocycles. The van der Waals surface area contributed by atoms with E-state index in [1.54, 1.807) is 23.5 Å². The summed E-state index contributed by atoms with van der Waals surface area (Å²) in [5.41, 5.74) is 1.51. The molecule has 1 aliphatic rings. The molecule has 1 atom stereocenters. The van der Waals surface area contributed by atoms with Gasteiger partial charge in [-0.15, -0.1) is 11.3 Å². The number of halogens is 1. The lowest BCUT2D eigenvalue weighted by Crippen LogP contribution is -2.35. The Bertz CT molecular complexity index is 825. The van der Waals surface area contributed by atoms with Crippen LogP contribution in [0.4, 0.5) is 4.39 Å². The molecule has 0 N–H and O–H groups in total. The molecule has 0 radical (unpaired) electrons. The number of hydrogen-bond acceptors (Lipinski definition) is 4. The monoisotopic (exact) mass is 356 g/mol. The Hall–Kier alpha value is -1.82. The summed E-state index contributed by atoms with van der Waals surface area (Å²) in [6.07, 6.45) is 1.61. The maximum absolute atomic E-state index is 14.5. The Morgan fingerprint density at radius 3 is 2.60 bits per heavy atom. The number of fused-ring (bicyclic) bond motifs is 1. The standard InChI is InChI=1S/C20H21FN2OS/c1-23-12-10-14(11-13-23)24-19(15-6-2-3-7-16(15)21)20-22-17-8-4-5-9-18(17)25-20/h2-9,14,19H,10-13H2,1H3.